The van der Waals surface area contributed by atoms with E-state index in [1.165, 1.54) is 24.3 Å². The monoisotopic (exact) mass is 313 g/mol. The molecule has 21 heavy (non-hydrogen) atoms. The number of halogens is 4. The minimum absolute atomic E-state index is 0.0220. The number of hydrogen-bond donors (Lipinski definition) is 1. The maximum absolute atomic E-state index is 14.2. The quantitative estimate of drug-likeness (QED) is 0.872. The summed E-state index contributed by atoms with van der Waals surface area (Å²) in [6.07, 6.45) is 0.185. The first-order chi connectivity index (χ1) is 9.95. The Balaban J connectivity index is 2.42. The van der Waals surface area contributed by atoms with Crippen LogP contribution in [-0.4, -0.2) is 7.05 Å². The maximum atomic E-state index is 14.2. The Bertz CT molecular complexity index is 658. The van der Waals surface area contributed by atoms with Crippen molar-refractivity contribution in [1.82, 2.24) is 5.32 Å². The zero-order valence-corrected chi connectivity index (χ0v) is 12.4. The second-order valence-corrected chi connectivity index (χ2v) is 5.23. The zero-order chi connectivity index (χ0) is 15.6. The summed E-state index contributed by atoms with van der Waals surface area (Å²) in [6, 6.07) is 6.38. The van der Waals surface area contributed by atoms with Crippen molar-refractivity contribution in [2.24, 2.45) is 0 Å². The number of aryl methyl sites for hydroxylation is 1. The van der Waals surface area contributed by atoms with Crippen molar-refractivity contribution >= 4 is 11.6 Å². The van der Waals surface area contributed by atoms with Gasteiger partial charge in [-0.2, -0.15) is 0 Å². The van der Waals surface area contributed by atoms with Crippen molar-refractivity contribution < 1.29 is 13.2 Å². The highest BCUT2D eigenvalue weighted by atomic mass is 35.5. The lowest BCUT2D eigenvalue weighted by atomic mass is 9.96. The molecule has 0 bridgehead atoms. The van der Waals surface area contributed by atoms with E-state index in [9.17, 15) is 13.2 Å². The Morgan fingerprint density at radius 1 is 1.10 bits per heavy atom. The standard InChI is InChI=1S/C16H15ClF3N/c1-9-6-7-11(18)14(16(9)20)13(21-2)8-10-4-3-5-12(19)15(10)17/h3-7,13,21H,8H2,1-2H3. The molecule has 0 aromatic heterocycles. The Morgan fingerprint density at radius 3 is 2.48 bits per heavy atom. The Hall–Kier alpha value is -1.52. The molecule has 2 rings (SSSR count). The molecule has 0 aliphatic heterocycles. The van der Waals surface area contributed by atoms with Crippen LogP contribution >= 0.6 is 11.6 Å². The fourth-order valence-corrected chi connectivity index (χ4v) is 2.48. The van der Waals surface area contributed by atoms with Gasteiger partial charge in [-0.25, -0.2) is 13.2 Å². The predicted octanol–water partition coefficient (Wildman–Crippen LogP) is 4.57. The number of nitrogens with one attached hydrogen (secondary N) is 1. The number of likely N-dealkylation sites (N-methyl/N-ethyl adjacent to an activating group) is 1. The zero-order valence-electron chi connectivity index (χ0n) is 11.7. The van der Waals surface area contributed by atoms with E-state index in [0.29, 0.717) is 11.1 Å². The lowest BCUT2D eigenvalue weighted by Gasteiger charge is -2.20. The summed E-state index contributed by atoms with van der Waals surface area (Å²) >= 11 is 5.90. The molecule has 0 saturated carbocycles. The van der Waals surface area contributed by atoms with E-state index < -0.39 is 23.5 Å². The van der Waals surface area contributed by atoms with Crippen molar-refractivity contribution in [2.75, 3.05) is 7.05 Å². The van der Waals surface area contributed by atoms with Gasteiger partial charge in [0.2, 0.25) is 0 Å². The van der Waals surface area contributed by atoms with Crippen molar-refractivity contribution in [3.05, 3.63) is 69.5 Å². The van der Waals surface area contributed by atoms with E-state index in [0.717, 1.165) is 0 Å². The van der Waals surface area contributed by atoms with Gasteiger partial charge >= 0.3 is 0 Å². The van der Waals surface area contributed by atoms with Crippen molar-refractivity contribution in [1.29, 1.82) is 0 Å². The molecule has 0 fully saturated rings. The van der Waals surface area contributed by atoms with Crippen molar-refractivity contribution in [2.45, 2.75) is 19.4 Å². The highest BCUT2D eigenvalue weighted by Gasteiger charge is 2.22. The van der Waals surface area contributed by atoms with Gasteiger partial charge in [0, 0.05) is 11.6 Å². The molecule has 2 aromatic carbocycles. The Kier molecular flexibility index (Phi) is 4.91. The molecule has 0 aliphatic rings. The van der Waals surface area contributed by atoms with Crippen LogP contribution in [0.15, 0.2) is 30.3 Å². The highest BCUT2D eigenvalue weighted by molar-refractivity contribution is 6.31. The molecular weight excluding hydrogens is 299 g/mol. The molecule has 1 atom stereocenters. The maximum Gasteiger partial charge on any atom is 0.142 e. The van der Waals surface area contributed by atoms with Gasteiger partial charge < -0.3 is 5.32 Å². The summed E-state index contributed by atoms with van der Waals surface area (Å²) < 4.78 is 41.6. The highest BCUT2D eigenvalue weighted by Crippen LogP contribution is 2.29. The van der Waals surface area contributed by atoms with Gasteiger partial charge in [0.05, 0.1) is 5.02 Å². The minimum Gasteiger partial charge on any atom is -0.313 e. The molecule has 0 saturated heterocycles. The third kappa shape index (κ3) is 3.22. The van der Waals surface area contributed by atoms with Crippen LogP contribution in [-0.2, 0) is 6.42 Å². The molecule has 5 heteroatoms. The van der Waals surface area contributed by atoms with Gasteiger partial charge in [-0.3, -0.25) is 0 Å². The molecule has 2 aromatic rings. The summed E-state index contributed by atoms with van der Waals surface area (Å²) in [4.78, 5) is 0. The summed E-state index contributed by atoms with van der Waals surface area (Å²) in [6.45, 7) is 1.57. The van der Waals surface area contributed by atoms with Gasteiger partial charge in [-0.15, -0.1) is 0 Å². The molecule has 1 N–H and O–H groups in total. The smallest absolute Gasteiger partial charge is 0.142 e. The van der Waals surface area contributed by atoms with Crippen LogP contribution in [0.25, 0.3) is 0 Å². The summed E-state index contributed by atoms with van der Waals surface area (Å²) in [5, 5.41) is 2.84. The van der Waals surface area contributed by atoms with Gasteiger partial charge in [0.15, 0.2) is 0 Å². The van der Waals surface area contributed by atoms with Crippen LogP contribution in [0.4, 0.5) is 13.2 Å². The largest absolute Gasteiger partial charge is 0.313 e. The average molecular weight is 314 g/mol. The first kappa shape index (κ1) is 15.9. The summed E-state index contributed by atoms with van der Waals surface area (Å²) in [5.74, 6) is -1.78. The molecule has 0 spiro atoms. The lowest BCUT2D eigenvalue weighted by molar-refractivity contribution is 0.485. The predicted molar refractivity (Wildman–Crippen MR) is 78.0 cm³/mol. The third-order valence-electron chi connectivity index (χ3n) is 3.47. The minimum atomic E-state index is -0.635. The van der Waals surface area contributed by atoms with Crippen LogP contribution < -0.4 is 5.32 Å². The average Bonchev–Trinajstić information content (AvgIpc) is 2.46. The van der Waals surface area contributed by atoms with Gasteiger partial charge in [-0.05, 0) is 43.7 Å². The summed E-state index contributed by atoms with van der Waals surface area (Å²) in [7, 11) is 1.60. The molecule has 0 amide bonds. The molecule has 112 valence electrons. The van der Waals surface area contributed by atoms with E-state index >= 15 is 0 Å². The number of rotatable bonds is 4. The molecule has 0 heterocycles. The van der Waals surface area contributed by atoms with Crippen molar-refractivity contribution in [3.63, 3.8) is 0 Å². The molecule has 1 unspecified atom stereocenters. The number of benzene rings is 2. The van der Waals surface area contributed by atoms with E-state index in [1.807, 2.05) is 0 Å². The Labute approximate surface area is 126 Å². The summed E-state index contributed by atoms with van der Waals surface area (Å²) in [5.41, 5.74) is 0.797. The third-order valence-corrected chi connectivity index (χ3v) is 3.90. The van der Waals surface area contributed by atoms with Gasteiger partial charge in [0.25, 0.3) is 0 Å². The fraction of sp³-hybridized carbons (Fsp3) is 0.250. The van der Waals surface area contributed by atoms with Crippen LogP contribution in [0.5, 0.6) is 0 Å². The first-order valence-corrected chi connectivity index (χ1v) is 6.88. The van der Waals surface area contributed by atoms with E-state index in [1.54, 1.807) is 20.0 Å². The van der Waals surface area contributed by atoms with Gasteiger partial charge in [0.1, 0.15) is 17.5 Å². The second kappa shape index (κ2) is 6.50. The van der Waals surface area contributed by atoms with Gasteiger partial charge in [-0.1, -0.05) is 29.8 Å². The van der Waals surface area contributed by atoms with E-state index in [-0.39, 0.29) is 17.0 Å². The Morgan fingerprint density at radius 2 is 1.81 bits per heavy atom. The van der Waals surface area contributed by atoms with Crippen molar-refractivity contribution in [3.8, 4) is 0 Å². The molecule has 0 aliphatic carbocycles. The molecule has 0 radical (unpaired) electrons. The van der Waals surface area contributed by atoms with Crippen LogP contribution in [0.3, 0.4) is 0 Å². The second-order valence-electron chi connectivity index (χ2n) is 4.85. The number of hydrogen-bond acceptors (Lipinski definition) is 1. The van der Waals surface area contributed by atoms with E-state index in [2.05, 4.69) is 5.32 Å². The normalized spacial score (nSPS) is 12.5. The van der Waals surface area contributed by atoms with Crippen LogP contribution in [0.2, 0.25) is 5.02 Å². The molecule has 1 nitrogen and oxygen atoms in total. The molecular formula is C16H15ClF3N. The topological polar surface area (TPSA) is 12.0 Å². The van der Waals surface area contributed by atoms with E-state index in [4.69, 9.17) is 11.6 Å². The fourth-order valence-electron chi connectivity index (χ4n) is 2.27. The first-order valence-electron chi connectivity index (χ1n) is 6.50. The SMILES string of the molecule is CNC(Cc1cccc(F)c1Cl)c1c(F)ccc(C)c1F. The van der Waals surface area contributed by atoms with Crippen LogP contribution in [0, 0.1) is 24.4 Å². The van der Waals surface area contributed by atoms with Crippen LogP contribution in [0.1, 0.15) is 22.7 Å². The lowest BCUT2D eigenvalue weighted by Crippen LogP contribution is -2.22.